The number of fused-ring (bicyclic) bond motifs is 5. The molecule has 0 aliphatic heterocycles. The molecule has 0 saturated carbocycles. The van der Waals surface area contributed by atoms with Crippen LogP contribution in [-0.4, -0.2) is 16.0 Å². The molecule has 1 unspecified atom stereocenters. The van der Waals surface area contributed by atoms with Gasteiger partial charge in [-0.25, -0.2) is 0 Å². The smallest absolute Gasteiger partial charge is 0.170 e. The highest BCUT2D eigenvalue weighted by atomic mass is 79.9. The molecule has 25 heavy (non-hydrogen) atoms. The lowest BCUT2D eigenvalue weighted by Crippen LogP contribution is -2.27. The lowest BCUT2D eigenvalue weighted by Gasteiger charge is -2.35. The van der Waals surface area contributed by atoms with Crippen LogP contribution in [-0.2, 0) is 11.2 Å². The second-order valence-corrected chi connectivity index (χ2v) is 7.64. The molecule has 0 spiro atoms. The minimum Gasteiger partial charge on any atom is -0.294 e. The van der Waals surface area contributed by atoms with Crippen LogP contribution >= 0.6 is 15.9 Å². The van der Waals surface area contributed by atoms with E-state index in [2.05, 4.69) is 51.4 Å². The Morgan fingerprint density at radius 2 is 2.24 bits per heavy atom. The summed E-state index contributed by atoms with van der Waals surface area (Å²) in [5.41, 5.74) is 5.73. The van der Waals surface area contributed by atoms with Crippen LogP contribution in [0.15, 0.2) is 59.8 Å². The summed E-state index contributed by atoms with van der Waals surface area (Å²) in [5.74, 6) is 0.193. The number of nitrogens with zero attached hydrogens (tertiary/aromatic N) is 1. The number of nitrogens with one attached hydrogen (secondary N) is 1. The number of rotatable bonds is 4. The number of halogens is 1. The number of aromatic nitrogens is 2. The Morgan fingerprint density at radius 1 is 1.40 bits per heavy atom. The zero-order valence-corrected chi connectivity index (χ0v) is 15.5. The van der Waals surface area contributed by atoms with Crippen LogP contribution in [0.2, 0.25) is 0 Å². The first-order valence-corrected chi connectivity index (χ1v) is 9.22. The van der Waals surface area contributed by atoms with E-state index in [1.807, 2.05) is 18.3 Å². The van der Waals surface area contributed by atoms with E-state index < -0.39 is 0 Å². The van der Waals surface area contributed by atoms with Gasteiger partial charge in [-0.15, -0.1) is 0 Å². The first-order chi connectivity index (χ1) is 12.1. The average molecular weight is 395 g/mol. The summed E-state index contributed by atoms with van der Waals surface area (Å²) in [7, 11) is 0. The highest BCUT2D eigenvalue weighted by molar-refractivity contribution is 9.12. The minimum atomic E-state index is -0.0797. The summed E-state index contributed by atoms with van der Waals surface area (Å²) in [6.07, 6.45) is 10.8. The maximum atomic E-state index is 12.4. The van der Waals surface area contributed by atoms with Gasteiger partial charge in [0.25, 0.3) is 0 Å². The Kier molecular flexibility index (Phi) is 3.88. The predicted octanol–water partition coefficient (Wildman–Crippen LogP) is 5.26. The van der Waals surface area contributed by atoms with E-state index >= 15 is 0 Å². The number of ketones is 1. The number of Topliss-reactive ketones (excluding diaryl/α,β-unsaturated/α-hetero) is 1. The van der Waals surface area contributed by atoms with Gasteiger partial charge in [-0.3, -0.25) is 9.89 Å². The molecule has 1 heterocycles. The molecule has 1 aromatic heterocycles. The molecule has 0 radical (unpaired) electrons. The van der Waals surface area contributed by atoms with Crippen molar-refractivity contribution in [3.63, 3.8) is 0 Å². The van der Waals surface area contributed by atoms with Crippen LogP contribution in [0, 0.1) is 5.41 Å². The standard InChI is InChI=1S/C21H19BrN2O/c1-3-5-13(4-2)10-21-9-8-18(25)20(22)19(21)14-6-7-17-16(12-23-24-17)15(14)11-21/h3-7,12H,1-2,8-11H2,(H,23,24)/b13-5+. The molecule has 2 aromatic rings. The highest BCUT2D eigenvalue weighted by Gasteiger charge is 2.47. The fourth-order valence-electron chi connectivity index (χ4n) is 4.36. The zero-order chi connectivity index (χ0) is 17.6. The van der Waals surface area contributed by atoms with Crippen LogP contribution < -0.4 is 0 Å². The van der Waals surface area contributed by atoms with Crippen molar-refractivity contribution in [1.82, 2.24) is 10.2 Å². The third-order valence-corrected chi connectivity index (χ3v) is 6.32. The van der Waals surface area contributed by atoms with Gasteiger partial charge in [0.15, 0.2) is 5.78 Å². The van der Waals surface area contributed by atoms with Crippen LogP contribution in [0.3, 0.4) is 0 Å². The van der Waals surface area contributed by atoms with Gasteiger partial charge < -0.3 is 0 Å². The van der Waals surface area contributed by atoms with Crippen molar-refractivity contribution in [2.75, 3.05) is 0 Å². The lowest BCUT2D eigenvalue weighted by atomic mass is 9.69. The fraction of sp³-hybridized carbons (Fsp3) is 0.238. The van der Waals surface area contributed by atoms with Crippen LogP contribution in [0.25, 0.3) is 16.5 Å². The molecule has 2 aliphatic rings. The van der Waals surface area contributed by atoms with Crippen LogP contribution in [0.1, 0.15) is 30.4 Å². The molecule has 0 saturated heterocycles. The van der Waals surface area contributed by atoms with Gasteiger partial charge in [-0.2, -0.15) is 5.10 Å². The normalized spacial score (nSPS) is 22.9. The van der Waals surface area contributed by atoms with Crippen molar-refractivity contribution < 1.29 is 4.79 Å². The highest BCUT2D eigenvalue weighted by Crippen LogP contribution is 2.58. The molecule has 0 amide bonds. The molecule has 1 N–H and O–H groups in total. The van der Waals surface area contributed by atoms with Crippen molar-refractivity contribution in [3.05, 3.63) is 70.9 Å². The van der Waals surface area contributed by atoms with E-state index in [0.717, 1.165) is 45.8 Å². The van der Waals surface area contributed by atoms with E-state index in [4.69, 9.17) is 0 Å². The van der Waals surface area contributed by atoms with E-state index in [1.54, 1.807) is 6.08 Å². The number of hydrogen-bond donors (Lipinski definition) is 1. The summed E-state index contributed by atoms with van der Waals surface area (Å²) < 4.78 is 0.738. The average Bonchev–Trinajstić information content (AvgIpc) is 3.20. The maximum Gasteiger partial charge on any atom is 0.170 e. The minimum absolute atomic E-state index is 0.0797. The van der Waals surface area contributed by atoms with Crippen molar-refractivity contribution in [2.45, 2.75) is 25.7 Å². The van der Waals surface area contributed by atoms with Crippen LogP contribution in [0.5, 0.6) is 0 Å². The molecular weight excluding hydrogens is 376 g/mol. The topological polar surface area (TPSA) is 45.8 Å². The van der Waals surface area contributed by atoms with Gasteiger partial charge >= 0.3 is 0 Å². The van der Waals surface area contributed by atoms with Gasteiger partial charge in [0, 0.05) is 17.2 Å². The summed E-state index contributed by atoms with van der Waals surface area (Å²) >= 11 is 3.61. The number of H-pyrrole nitrogens is 1. The quantitative estimate of drug-likeness (QED) is 0.718. The largest absolute Gasteiger partial charge is 0.294 e. The molecule has 2 aliphatic carbocycles. The van der Waals surface area contributed by atoms with Gasteiger partial charge in [-0.05, 0) is 63.5 Å². The van der Waals surface area contributed by atoms with E-state index in [9.17, 15) is 4.79 Å². The van der Waals surface area contributed by atoms with E-state index in [-0.39, 0.29) is 11.2 Å². The summed E-state index contributed by atoms with van der Waals surface area (Å²) in [6.45, 7) is 7.77. The maximum absolute atomic E-state index is 12.4. The summed E-state index contributed by atoms with van der Waals surface area (Å²) in [5, 5.41) is 8.40. The Labute approximate surface area is 155 Å². The SMILES string of the molecule is C=C/C=C(\C=C)CC12CCC(=O)C(Br)=C1c1ccc3[nH]ncc3c1C2. The van der Waals surface area contributed by atoms with Crippen LogP contribution in [0.4, 0.5) is 0 Å². The monoisotopic (exact) mass is 394 g/mol. The predicted molar refractivity (Wildman–Crippen MR) is 105 cm³/mol. The second kappa shape index (κ2) is 5.95. The molecule has 3 nitrogen and oxygen atoms in total. The molecule has 126 valence electrons. The van der Waals surface area contributed by atoms with Gasteiger partial charge in [0.1, 0.15) is 0 Å². The molecule has 1 atom stereocenters. The lowest BCUT2D eigenvalue weighted by molar-refractivity contribution is -0.115. The number of carbonyl (C=O) groups excluding carboxylic acids is 1. The molecule has 0 fully saturated rings. The molecule has 1 aromatic carbocycles. The first kappa shape index (κ1) is 16.3. The molecule has 4 rings (SSSR count). The van der Waals surface area contributed by atoms with Crippen molar-refractivity contribution >= 4 is 38.2 Å². The van der Waals surface area contributed by atoms with Gasteiger partial charge in [-0.1, -0.05) is 37.5 Å². The first-order valence-electron chi connectivity index (χ1n) is 8.42. The van der Waals surface area contributed by atoms with Gasteiger partial charge in [0.2, 0.25) is 0 Å². The van der Waals surface area contributed by atoms with Crippen molar-refractivity contribution in [1.29, 1.82) is 0 Å². The zero-order valence-electron chi connectivity index (χ0n) is 13.9. The Hall–Kier alpha value is -2.20. The molecule has 0 bridgehead atoms. The molecule has 4 heteroatoms. The summed E-state index contributed by atoms with van der Waals surface area (Å²) in [4.78, 5) is 12.4. The molecular formula is C21H19BrN2O. The third kappa shape index (κ3) is 2.39. The van der Waals surface area contributed by atoms with E-state index in [1.165, 1.54) is 11.1 Å². The van der Waals surface area contributed by atoms with Crippen molar-refractivity contribution in [3.8, 4) is 0 Å². The Bertz CT molecular complexity index is 979. The summed E-state index contributed by atoms with van der Waals surface area (Å²) in [6, 6.07) is 4.18. The number of hydrogen-bond acceptors (Lipinski definition) is 2. The number of allylic oxidation sites excluding steroid dienone is 6. The number of benzene rings is 1. The number of aromatic amines is 1. The van der Waals surface area contributed by atoms with Gasteiger partial charge in [0.05, 0.1) is 16.2 Å². The fourth-order valence-corrected chi connectivity index (χ4v) is 5.19. The van der Waals surface area contributed by atoms with Crippen molar-refractivity contribution in [2.24, 2.45) is 5.41 Å². The Morgan fingerprint density at radius 3 is 3.00 bits per heavy atom. The Balaban J connectivity index is 1.94. The third-order valence-electron chi connectivity index (χ3n) is 5.48. The second-order valence-electron chi connectivity index (χ2n) is 6.85. The number of carbonyl (C=O) groups is 1. The van der Waals surface area contributed by atoms with E-state index in [0.29, 0.717) is 6.42 Å².